The molecule has 5 heteroatoms. The fourth-order valence-electron chi connectivity index (χ4n) is 3.23. The maximum Gasteiger partial charge on any atom is 0.115 e. The van der Waals surface area contributed by atoms with E-state index in [0.29, 0.717) is 11.8 Å². The first-order valence-corrected chi connectivity index (χ1v) is 8.13. The van der Waals surface area contributed by atoms with Crippen molar-refractivity contribution in [3.05, 3.63) is 59.7 Å². The van der Waals surface area contributed by atoms with Gasteiger partial charge in [-0.1, -0.05) is 24.3 Å². The van der Waals surface area contributed by atoms with Crippen molar-refractivity contribution < 1.29 is 15.3 Å². The predicted molar refractivity (Wildman–Crippen MR) is 96.7 cm³/mol. The number of nitrogens with one attached hydrogen (secondary N) is 1. The van der Waals surface area contributed by atoms with E-state index in [4.69, 9.17) is 0 Å². The van der Waals surface area contributed by atoms with Crippen molar-refractivity contribution >= 4 is 12.4 Å². The van der Waals surface area contributed by atoms with Crippen LogP contribution in [0.25, 0.3) is 0 Å². The number of hydrogen-bond acceptors (Lipinski definition) is 4. The first-order chi connectivity index (χ1) is 11.1. The lowest BCUT2D eigenvalue weighted by Gasteiger charge is -2.20. The SMILES string of the molecule is Cl.Oc1ccc(CC[C@@H]2CC[C@@H](C(O)c3ccc(O)cc3)N2)cc1. The second kappa shape index (κ2) is 8.38. The average molecular weight is 350 g/mol. The highest BCUT2D eigenvalue weighted by Crippen LogP contribution is 2.28. The van der Waals surface area contributed by atoms with Crippen LogP contribution < -0.4 is 5.32 Å². The standard InChI is InChI=1S/C19H23NO3.ClH/c21-16-8-2-13(3-9-16)1-6-15-7-12-18(20-15)19(23)14-4-10-17(22)11-5-14;/h2-5,8-11,15,18-23H,1,6-7,12H2;1H/t15-,18+,19?;/m1./s1. The molecule has 24 heavy (non-hydrogen) atoms. The maximum atomic E-state index is 10.5. The zero-order valence-corrected chi connectivity index (χ0v) is 14.2. The largest absolute Gasteiger partial charge is 0.508 e. The van der Waals surface area contributed by atoms with Crippen LogP contribution in [-0.4, -0.2) is 27.4 Å². The maximum absolute atomic E-state index is 10.5. The third-order valence-electron chi connectivity index (χ3n) is 4.61. The van der Waals surface area contributed by atoms with Gasteiger partial charge in [0.05, 0.1) is 6.10 Å². The van der Waals surface area contributed by atoms with Crippen molar-refractivity contribution in [1.82, 2.24) is 5.32 Å². The Morgan fingerprint density at radius 3 is 2.12 bits per heavy atom. The molecule has 1 saturated heterocycles. The number of aliphatic hydroxyl groups excluding tert-OH is 1. The number of rotatable bonds is 5. The van der Waals surface area contributed by atoms with Crippen molar-refractivity contribution in [3.63, 3.8) is 0 Å². The molecule has 0 aliphatic carbocycles. The van der Waals surface area contributed by atoms with Crippen LogP contribution in [0.4, 0.5) is 0 Å². The van der Waals surface area contributed by atoms with Gasteiger partial charge in [-0.15, -0.1) is 12.4 Å². The van der Waals surface area contributed by atoms with Gasteiger partial charge in [-0.3, -0.25) is 0 Å². The van der Waals surface area contributed by atoms with Crippen molar-refractivity contribution in [3.8, 4) is 11.5 Å². The summed E-state index contributed by atoms with van der Waals surface area (Å²) in [4.78, 5) is 0. The van der Waals surface area contributed by atoms with Gasteiger partial charge in [0, 0.05) is 12.1 Å². The highest BCUT2D eigenvalue weighted by atomic mass is 35.5. The number of aryl methyl sites for hydroxylation is 1. The minimum absolute atomic E-state index is 0. The normalized spacial score (nSPS) is 21.2. The Bertz CT molecular complexity index is 630. The fourth-order valence-corrected chi connectivity index (χ4v) is 3.23. The van der Waals surface area contributed by atoms with Crippen molar-refractivity contribution in [1.29, 1.82) is 0 Å². The molecule has 130 valence electrons. The zero-order valence-electron chi connectivity index (χ0n) is 13.4. The summed E-state index contributed by atoms with van der Waals surface area (Å²) in [7, 11) is 0. The monoisotopic (exact) mass is 349 g/mol. The molecular weight excluding hydrogens is 326 g/mol. The van der Waals surface area contributed by atoms with E-state index in [1.54, 1.807) is 36.4 Å². The Hall–Kier alpha value is -1.75. The number of halogens is 1. The third kappa shape index (κ3) is 4.63. The molecule has 4 nitrogen and oxygen atoms in total. The topological polar surface area (TPSA) is 72.7 Å². The number of benzene rings is 2. The number of aliphatic hydroxyl groups is 1. The molecule has 0 aromatic heterocycles. The Kier molecular flexibility index (Phi) is 6.49. The molecule has 1 aliphatic heterocycles. The summed E-state index contributed by atoms with van der Waals surface area (Å²) in [5, 5.41) is 32.6. The van der Waals surface area contributed by atoms with Gasteiger partial charge in [-0.25, -0.2) is 0 Å². The van der Waals surface area contributed by atoms with E-state index in [0.717, 1.165) is 31.2 Å². The van der Waals surface area contributed by atoms with Crippen molar-refractivity contribution in [2.45, 2.75) is 43.9 Å². The van der Waals surface area contributed by atoms with Gasteiger partial charge in [-0.05, 0) is 61.1 Å². The Balaban J connectivity index is 0.00000208. The fraction of sp³-hybridized carbons (Fsp3) is 0.368. The summed E-state index contributed by atoms with van der Waals surface area (Å²) < 4.78 is 0. The first kappa shape index (κ1) is 18.6. The molecule has 2 aromatic rings. The summed E-state index contributed by atoms with van der Waals surface area (Å²) in [6, 6.07) is 14.6. The second-order valence-corrected chi connectivity index (χ2v) is 6.29. The summed E-state index contributed by atoms with van der Waals surface area (Å²) in [5.41, 5.74) is 2.05. The van der Waals surface area contributed by atoms with Crippen molar-refractivity contribution in [2.24, 2.45) is 0 Å². The highest BCUT2D eigenvalue weighted by Gasteiger charge is 2.29. The van der Waals surface area contributed by atoms with Gasteiger partial charge >= 0.3 is 0 Å². The molecule has 1 heterocycles. The van der Waals surface area contributed by atoms with Gasteiger partial charge in [0.2, 0.25) is 0 Å². The Labute approximate surface area is 148 Å². The van der Waals surface area contributed by atoms with Crippen LogP contribution in [-0.2, 0) is 6.42 Å². The van der Waals surface area contributed by atoms with E-state index in [2.05, 4.69) is 5.32 Å². The zero-order chi connectivity index (χ0) is 16.2. The molecule has 0 bridgehead atoms. The van der Waals surface area contributed by atoms with Crippen LogP contribution in [0.1, 0.15) is 36.5 Å². The molecule has 0 spiro atoms. The molecule has 3 rings (SSSR count). The van der Waals surface area contributed by atoms with E-state index < -0.39 is 6.10 Å². The summed E-state index contributed by atoms with van der Waals surface area (Å²) >= 11 is 0. The van der Waals surface area contributed by atoms with E-state index in [9.17, 15) is 15.3 Å². The summed E-state index contributed by atoms with van der Waals surface area (Å²) in [6.07, 6.45) is 3.43. The van der Waals surface area contributed by atoms with Gasteiger partial charge in [0.15, 0.2) is 0 Å². The minimum Gasteiger partial charge on any atom is -0.508 e. The molecule has 3 atom stereocenters. The van der Waals surface area contributed by atoms with Gasteiger partial charge in [0.1, 0.15) is 11.5 Å². The predicted octanol–water partition coefficient (Wildman–Crippen LogP) is 3.31. The van der Waals surface area contributed by atoms with E-state index in [1.807, 2.05) is 12.1 Å². The van der Waals surface area contributed by atoms with Crippen LogP contribution in [0.3, 0.4) is 0 Å². The van der Waals surface area contributed by atoms with Crippen LogP contribution in [0.5, 0.6) is 11.5 Å². The molecule has 0 radical (unpaired) electrons. The third-order valence-corrected chi connectivity index (χ3v) is 4.61. The van der Waals surface area contributed by atoms with Gasteiger partial charge in [0.25, 0.3) is 0 Å². The number of phenolic OH excluding ortho intramolecular Hbond substituents is 2. The lowest BCUT2D eigenvalue weighted by molar-refractivity contribution is 0.135. The van der Waals surface area contributed by atoms with Gasteiger partial charge < -0.3 is 20.6 Å². The first-order valence-electron chi connectivity index (χ1n) is 8.13. The van der Waals surface area contributed by atoms with Crippen LogP contribution >= 0.6 is 12.4 Å². The lowest BCUT2D eigenvalue weighted by atomic mass is 10.0. The van der Waals surface area contributed by atoms with Crippen LogP contribution in [0, 0.1) is 0 Å². The Morgan fingerprint density at radius 2 is 1.50 bits per heavy atom. The quantitative estimate of drug-likeness (QED) is 0.668. The smallest absolute Gasteiger partial charge is 0.115 e. The van der Waals surface area contributed by atoms with Crippen molar-refractivity contribution in [2.75, 3.05) is 0 Å². The lowest BCUT2D eigenvalue weighted by Crippen LogP contribution is -2.34. The van der Waals surface area contributed by atoms with E-state index >= 15 is 0 Å². The van der Waals surface area contributed by atoms with E-state index in [1.165, 1.54) is 5.56 Å². The van der Waals surface area contributed by atoms with Crippen LogP contribution in [0.2, 0.25) is 0 Å². The molecule has 0 saturated carbocycles. The number of phenols is 2. The van der Waals surface area contributed by atoms with Crippen LogP contribution in [0.15, 0.2) is 48.5 Å². The summed E-state index contributed by atoms with van der Waals surface area (Å²) in [6.45, 7) is 0. The Morgan fingerprint density at radius 1 is 0.917 bits per heavy atom. The van der Waals surface area contributed by atoms with E-state index in [-0.39, 0.29) is 24.2 Å². The van der Waals surface area contributed by atoms with Gasteiger partial charge in [-0.2, -0.15) is 0 Å². The highest BCUT2D eigenvalue weighted by molar-refractivity contribution is 5.85. The number of aromatic hydroxyl groups is 2. The molecule has 1 aliphatic rings. The molecule has 2 aromatic carbocycles. The molecule has 1 unspecified atom stereocenters. The number of hydrogen-bond donors (Lipinski definition) is 4. The minimum atomic E-state index is -0.547. The molecule has 4 N–H and O–H groups in total. The average Bonchev–Trinajstić information content (AvgIpc) is 3.03. The molecule has 0 amide bonds. The molecular formula is C19H24ClNO3. The molecule has 1 fully saturated rings. The second-order valence-electron chi connectivity index (χ2n) is 6.29. The summed E-state index contributed by atoms with van der Waals surface area (Å²) in [5.74, 6) is 0.511.